The number of anilines is 2. The second-order valence-corrected chi connectivity index (χ2v) is 9.01. The van der Waals surface area contributed by atoms with E-state index in [2.05, 4.69) is 10.0 Å². The van der Waals surface area contributed by atoms with Crippen molar-refractivity contribution < 1.29 is 26.3 Å². The third-order valence-electron chi connectivity index (χ3n) is 3.88. The van der Waals surface area contributed by atoms with Crippen molar-refractivity contribution in [3.8, 4) is 12.1 Å². The van der Waals surface area contributed by atoms with E-state index in [1.165, 1.54) is 6.92 Å². The topological polar surface area (TPSA) is 203 Å². The molecule has 14 heteroatoms. The van der Waals surface area contributed by atoms with E-state index in [0.29, 0.717) is 0 Å². The van der Waals surface area contributed by atoms with Gasteiger partial charge in [0.2, 0.25) is 0 Å². The summed E-state index contributed by atoms with van der Waals surface area (Å²) in [6, 6.07) is 9.16. The zero-order valence-electron chi connectivity index (χ0n) is 15.6. The fourth-order valence-corrected chi connectivity index (χ4v) is 3.99. The molecule has 0 unspecified atom stereocenters. The second kappa shape index (κ2) is 8.80. The summed E-state index contributed by atoms with van der Waals surface area (Å²) < 4.78 is 60.1. The maximum Gasteiger partial charge on any atom is 0.294 e. The van der Waals surface area contributed by atoms with Crippen LogP contribution in [-0.2, 0) is 20.1 Å². The van der Waals surface area contributed by atoms with Gasteiger partial charge in [-0.25, -0.2) is 8.42 Å². The van der Waals surface area contributed by atoms with Gasteiger partial charge in [0.15, 0.2) is 0 Å². The molecule has 0 aliphatic rings. The Hall–Kier alpha value is -3.98. The first-order valence-electron chi connectivity index (χ1n) is 8.05. The molecule has 0 saturated heterocycles. The lowest BCUT2D eigenvalue weighted by Crippen LogP contribution is -2.15. The van der Waals surface area contributed by atoms with E-state index in [0.717, 1.165) is 42.6 Å². The molecule has 0 spiro atoms. The van der Waals surface area contributed by atoms with Crippen LogP contribution < -0.4 is 10.0 Å². The largest absolute Gasteiger partial charge is 0.360 e. The Balaban J connectivity index is 2.60. The molecule has 0 radical (unpaired) electrons. The number of nitriles is 2. The molecular weight excluding hydrogens is 450 g/mol. The Morgan fingerprint density at radius 1 is 1.10 bits per heavy atom. The Bertz CT molecular complexity index is 1370. The standard InChI is InChI=1S/C17H13N5O7S2/c1-11-16(20-10-12(8-18)9-19)6-15(31(27,28)29)7-17(11)21-30(25,26)14-4-2-3-13(5-14)22(23)24/h2-7,10,20-21H,1H3,(H,27,28,29). The van der Waals surface area contributed by atoms with Gasteiger partial charge in [-0.2, -0.15) is 18.9 Å². The quantitative estimate of drug-likeness (QED) is 0.236. The molecule has 2 rings (SSSR count). The number of nitrogens with one attached hydrogen (secondary N) is 2. The first kappa shape index (κ1) is 23.3. The van der Waals surface area contributed by atoms with Gasteiger partial charge >= 0.3 is 0 Å². The lowest BCUT2D eigenvalue weighted by molar-refractivity contribution is -0.385. The molecule has 160 valence electrons. The molecule has 0 atom stereocenters. The number of non-ortho nitro benzene ring substituents is 1. The van der Waals surface area contributed by atoms with E-state index in [1.807, 2.05) is 0 Å². The Labute approximate surface area is 177 Å². The van der Waals surface area contributed by atoms with Crippen molar-refractivity contribution in [3.63, 3.8) is 0 Å². The molecule has 3 N–H and O–H groups in total. The number of rotatable bonds is 7. The van der Waals surface area contributed by atoms with Gasteiger partial charge in [-0.15, -0.1) is 0 Å². The molecule has 0 aromatic heterocycles. The van der Waals surface area contributed by atoms with E-state index in [-0.39, 0.29) is 22.5 Å². The first-order valence-corrected chi connectivity index (χ1v) is 11.0. The molecule has 31 heavy (non-hydrogen) atoms. The zero-order valence-corrected chi connectivity index (χ0v) is 17.2. The average Bonchev–Trinajstić information content (AvgIpc) is 2.70. The summed E-state index contributed by atoms with van der Waals surface area (Å²) in [4.78, 5) is 8.99. The maximum absolute atomic E-state index is 12.7. The van der Waals surface area contributed by atoms with Gasteiger partial charge in [0.05, 0.1) is 20.4 Å². The highest BCUT2D eigenvalue weighted by Gasteiger charge is 2.22. The average molecular weight is 463 g/mol. The highest BCUT2D eigenvalue weighted by Crippen LogP contribution is 2.31. The normalized spacial score (nSPS) is 11.0. The number of nitro groups is 1. The van der Waals surface area contributed by atoms with Crippen LogP contribution in [0.3, 0.4) is 0 Å². The summed E-state index contributed by atoms with van der Waals surface area (Å²) in [5.74, 6) is 0. The second-order valence-electron chi connectivity index (χ2n) is 5.90. The molecule has 2 aromatic rings. The minimum Gasteiger partial charge on any atom is -0.360 e. The van der Waals surface area contributed by atoms with Gasteiger partial charge in [0.25, 0.3) is 25.8 Å². The van der Waals surface area contributed by atoms with E-state index in [4.69, 9.17) is 10.5 Å². The van der Waals surface area contributed by atoms with Gasteiger partial charge < -0.3 is 5.32 Å². The zero-order chi connectivity index (χ0) is 23.4. The predicted octanol–water partition coefficient (Wildman–Crippen LogP) is 2.29. The van der Waals surface area contributed by atoms with Gasteiger partial charge in [-0.3, -0.25) is 19.4 Å². The van der Waals surface area contributed by atoms with Gasteiger partial charge in [0, 0.05) is 24.0 Å². The third kappa shape index (κ3) is 5.55. The van der Waals surface area contributed by atoms with E-state index >= 15 is 0 Å². The highest BCUT2D eigenvalue weighted by molar-refractivity contribution is 7.92. The van der Waals surface area contributed by atoms with Crippen molar-refractivity contribution in [1.29, 1.82) is 10.5 Å². The predicted molar refractivity (Wildman–Crippen MR) is 108 cm³/mol. The van der Waals surface area contributed by atoms with Crippen molar-refractivity contribution in [3.05, 3.63) is 63.8 Å². The van der Waals surface area contributed by atoms with Crippen LogP contribution in [0.1, 0.15) is 5.56 Å². The number of sulfonamides is 1. The molecule has 0 bridgehead atoms. The lowest BCUT2D eigenvalue weighted by atomic mass is 10.1. The van der Waals surface area contributed by atoms with Crippen molar-refractivity contribution in [1.82, 2.24) is 0 Å². The van der Waals surface area contributed by atoms with Crippen LogP contribution in [0.25, 0.3) is 0 Å². The van der Waals surface area contributed by atoms with Crippen LogP contribution in [-0.4, -0.2) is 26.3 Å². The SMILES string of the molecule is Cc1c(NC=C(C#N)C#N)cc(S(=O)(=O)O)cc1NS(=O)(=O)c1cccc([N+](=O)[O-])c1. The van der Waals surface area contributed by atoms with E-state index in [9.17, 15) is 31.5 Å². The number of nitro benzene ring substituents is 1. The summed E-state index contributed by atoms with van der Waals surface area (Å²) in [7, 11) is -9.16. The summed E-state index contributed by atoms with van der Waals surface area (Å²) in [6.45, 7) is 1.40. The van der Waals surface area contributed by atoms with Crippen molar-refractivity contribution in [2.45, 2.75) is 16.7 Å². The molecule has 0 heterocycles. The molecule has 0 aliphatic heterocycles. The Morgan fingerprint density at radius 2 is 1.71 bits per heavy atom. The molecule has 0 fully saturated rings. The van der Waals surface area contributed by atoms with Crippen molar-refractivity contribution >= 4 is 37.2 Å². The van der Waals surface area contributed by atoms with Gasteiger partial charge in [-0.1, -0.05) is 6.07 Å². The van der Waals surface area contributed by atoms with Gasteiger partial charge in [0.1, 0.15) is 17.7 Å². The lowest BCUT2D eigenvalue weighted by Gasteiger charge is -2.15. The number of benzene rings is 2. The van der Waals surface area contributed by atoms with Crippen molar-refractivity contribution in [2.24, 2.45) is 0 Å². The van der Waals surface area contributed by atoms with Crippen LogP contribution in [0, 0.1) is 39.7 Å². The number of allylic oxidation sites excluding steroid dienone is 1. The fourth-order valence-electron chi connectivity index (χ4n) is 2.30. The minimum atomic E-state index is -4.77. The third-order valence-corrected chi connectivity index (χ3v) is 6.07. The van der Waals surface area contributed by atoms with E-state index in [1.54, 1.807) is 12.1 Å². The monoisotopic (exact) mass is 463 g/mol. The summed E-state index contributed by atoms with van der Waals surface area (Å²) in [5, 5.41) is 31.0. The minimum absolute atomic E-state index is 0.0325. The summed E-state index contributed by atoms with van der Waals surface area (Å²) in [6.07, 6.45) is 0.967. The molecule has 12 nitrogen and oxygen atoms in total. The Kier molecular flexibility index (Phi) is 6.62. The molecule has 2 aromatic carbocycles. The summed E-state index contributed by atoms with van der Waals surface area (Å²) in [5.41, 5.74) is -0.981. The Morgan fingerprint density at radius 3 is 2.26 bits per heavy atom. The fraction of sp³-hybridized carbons (Fsp3) is 0.0588. The number of nitrogens with zero attached hydrogens (tertiary/aromatic N) is 3. The van der Waals surface area contributed by atoms with Crippen LogP contribution in [0.15, 0.2) is 58.0 Å². The van der Waals surface area contributed by atoms with Crippen LogP contribution in [0.2, 0.25) is 0 Å². The number of hydrogen-bond donors (Lipinski definition) is 3. The molecule has 0 saturated carbocycles. The summed E-state index contributed by atoms with van der Waals surface area (Å²) >= 11 is 0. The van der Waals surface area contributed by atoms with Crippen LogP contribution in [0.4, 0.5) is 17.1 Å². The van der Waals surface area contributed by atoms with Crippen LogP contribution >= 0.6 is 0 Å². The van der Waals surface area contributed by atoms with Gasteiger partial charge in [-0.05, 0) is 30.7 Å². The molecular formula is C17H13N5O7S2. The smallest absolute Gasteiger partial charge is 0.294 e. The van der Waals surface area contributed by atoms with Crippen molar-refractivity contribution in [2.75, 3.05) is 10.0 Å². The maximum atomic E-state index is 12.7. The first-order chi connectivity index (χ1) is 14.4. The number of hydrogen-bond acceptors (Lipinski definition) is 9. The highest BCUT2D eigenvalue weighted by atomic mass is 32.2. The molecule has 0 amide bonds. The van der Waals surface area contributed by atoms with Crippen LogP contribution in [0.5, 0.6) is 0 Å². The van der Waals surface area contributed by atoms with E-state index < -0.39 is 40.5 Å². The molecule has 0 aliphatic carbocycles.